The Kier molecular flexibility index (Phi) is 4.71. The number of hydrogen-bond donors (Lipinski definition) is 1. The lowest BCUT2D eigenvalue weighted by molar-refractivity contribution is 0.200. The van der Waals surface area contributed by atoms with Crippen LogP contribution in [0.5, 0.6) is 5.75 Å². The number of hydrogen-bond acceptors (Lipinski definition) is 2. The fourth-order valence-corrected chi connectivity index (χ4v) is 1.87. The quantitative estimate of drug-likeness (QED) is 0.926. The predicted octanol–water partition coefficient (Wildman–Crippen LogP) is 3.47. The molecule has 20 heavy (non-hydrogen) atoms. The molecule has 0 heterocycles. The summed E-state index contributed by atoms with van der Waals surface area (Å²) < 4.78 is 18.0. The Bertz CT molecular complexity index is 584. The lowest BCUT2D eigenvalue weighted by Crippen LogP contribution is -2.28. The number of carbonyl (C=O) groups excluding carboxylic acids is 1. The Morgan fingerprint density at radius 3 is 2.65 bits per heavy atom. The van der Waals surface area contributed by atoms with Gasteiger partial charge in [0.15, 0.2) is 0 Å². The van der Waals surface area contributed by atoms with Gasteiger partial charge in [0.05, 0.1) is 0 Å². The molecule has 0 unspecified atom stereocenters. The maximum atomic E-state index is 13.0. The molecule has 0 aliphatic rings. The van der Waals surface area contributed by atoms with Crippen LogP contribution < -0.4 is 10.1 Å². The van der Waals surface area contributed by atoms with E-state index in [1.165, 1.54) is 12.1 Å². The highest BCUT2D eigenvalue weighted by atomic mass is 19.1. The largest absolute Gasteiger partial charge is 0.412 e. The zero-order valence-electron chi connectivity index (χ0n) is 11.2. The van der Waals surface area contributed by atoms with Crippen LogP contribution in [-0.2, 0) is 6.42 Å². The second-order valence-corrected chi connectivity index (χ2v) is 4.45. The van der Waals surface area contributed by atoms with Gasteiger partial charge in [-0.15, -0.1) is 0 Å². The molecule has 1 amide bonds. The fourth-order valence-electron chi connectivity index (χ4n) is 1.87. The lowest BCUT2D eigenvalue weighted by atomic mass is 10.1. The van der Waals surface area contributed by atoms with Crippen molar-refractivity contribution in [2.75, 3.05) is 6.54 Å². The van der Waals surface area contributed by atoms with Gasteiger partial charge in [-0.05, 0) is 48.7 Å². The minimum absolute atomic E-state index is 0.248. The van der Waals surface area contributed by atoms with Gasteiger partial charge in [-0.1, -0.05) is 24.3 Å². The third kappa shape index (κ3) is 4.09. The van der Waals surface area contributed by atoms with E-state index in [4.69, 9.17) is 4.74 Å². The Morgan fingerprint density at radius 1 is 1.20 bits per heavy atom. The number of para-hydroxylation sites is 1. The Balaban J connectivity index is 1.79. The zero-order chi connectivity index (χ0) is 14.4. The molecule has 2 aromatic carbocycles. The molecular formula is C16H16FNO2. The summed E-state index contributed by atoms with van der Waals surface area (Å²) in [4.78, 5) is 11.5. The van der Waals surface area contributed by atoms with Gasteiger partial charge >= 0.3 is 6.09 Å². The molecule has 0 aromatic heterocycles. The minimum Gasteiger partial charge on any atom is -0.410 e. The summed E-state index contributed by atoms with van der Waals surface area (Å²) in [5, 5.41) is 2.67. The highest BCUT2D eigenvalue weighted by molar-refractivity contribution is 5.70. The van der Waals surface area contributed by atoms with Crippen molar-refractivity contribution in [3.63, 3.8) is 0 Å². The number of aryl methyl sites for hydroxylation is 1. The fraction of sp³-hybridized carbons (Fsp3) is 0.188. The average molecular weight is 273 g/mol. The molecule has 0 bridgehead atoms. The summed E-state index contributed by atoms with van der Waals surface area (Å²) in [6.45, 7) is 2.29. The second-order valence-electron chi connectivity index (χ2n) is 4.45. The summed E-state index contributed by atoms with van der Waals surface area (Å²) in [5.41, 5.74) is 1.88. The molecule has 4 heteroatoms. The number of amides is 1. The molecular weight excluding hydrogens is 257 g/mol. The van der Waals surface area contributed by atoms with Crippen molar-refractivity contribution in [1.29, 1.82) is 0 Å². The van der Waals surface area contributed by atoms with Crippen molar-refractivity contribution in [2.24, 2.45) is 0 Å². The SMILES string of the molecule is Cc1cc(F)ccc1CCNC(=O)Oc1ccccc1. The van der Waals surface area contributed by atoms with Crippen LogP contribution in [0.2, 0.25) is 0 Å². The van der Waals surface area contributed by atoms with Crippen LogP contribution >= 0.6 is 0 Å². The van der Waals surface area contributed by atoms with Gasteiger partial charge in [-0.25, -0.2) is 9.18 Å². The first kappa shape index (κ1) is 14.1. The molecule has 2 rings (SSSR count). The summed E-state index contributed by atoms with van der Waals surface area (Å²) in [6.07, 6.45) is 0.145. The minimum atomic E-state index is -0.490. The van der Waals surface area contributed by atoms with Gasteiger partial charge in [0.2, 0.25) is 0 Å². The molecule has 1 N–H and O–H groups in total. The third-order valence-corrected chi connectivity index (χ3v) is 2.92. The van der Waals surface area contributed by atoms with E-state index >= 15 is 0 Å². The van der Waals surface area contributed by atoms with Crippen molar-refractivity contribution in [3.05, 3.63) is 65.5 Å². The van der Waals surface area contributed by atoms with E-state index in [0.717, 1.165) is 11.1 Å². The maximum Gasteiger partial charge on any atom is 0.412 e. The summed E-state index contributed by atoms with van der Waals surface area (Å²) in [6, 6.07) is 13.5. The number of ether oxygens (including phenoxy) is 1. The van der Waals surface area contributed by atoms with E-state index in [2.05, 4.69) is 5.32 Å². The molecule has 0 saturated heterocycles. The lowest BCUT2D eigenvalue weighted by Gasteiger charge is -2.08. The molecule has 0 spiro atoms. The van der Waals surface area contributed by atoms with Gasteiger partial charge in [0.1, 0.15) is 11.6 Å². The molecule has 2 aromatic rings. The highest BCUT2D eigenvalue weighted by Crippen LogP contribution is 2.11. The van der Waals surface area contributed by atoms with Crippen LogP contribution in [0, 0.1) is 12.7 Å². The zero-order valence-corrected chi connectivity index (χ0v) is 11.2. The number of benzene rings is 2. The van der Waals surface area contributed by atoms with Crippen LogP contribution in [0.1, 0.15) is 11.1 Å². The molecule has 0 atom stereocenters. The molecule has 0 saturated carbocycles. The van der Waals surface area contributed by atoms with Crippen LogP contribution in [0.4, 0.5) is 9.18 Å². The van der Waals surface area contributed by atoms with E-state index in [-0.39, 0.29) is 5.82 Å². The standard InChI is InChI=1S/C16H16FNO2/c1-12-11-14(17)8-7-13(12)9-10-18-16(19)20-15-5-3-2-4-6-15/h2-8,11H,9-10H2,1H3,(H,18,19). The molecule has 104 valence electrons. The Labute approximate surface area is 117 Å². The van der Waals surface area contributed by atoms with Gasteiger partial charge in [0.25, 0.3) is 0 Å². The first-order valence-corrected chi connectivity index (χ1v) is 6.41. The van der Waals surface area contributed by atoms with Crippen LogP contribution in [0.15, 0.2) is 48.5 Å². The maximum absolute atomic E-state index is 13.0. The number of nitrogens with one attached hydrogen (secondary N) is 1. The normalized spacial score (nSPS) is 10.1. The van der Waals surface area contributed by atoms with Crippen LogP contribution in [0.3, 0.4) is 0 Å². The average Bonchev–Trinajstić information content (AvgIpc) is 2.42. The highest BCUT2D eigenvalue weighted by Gasteiger charge is 2.04. The van der Waals surface area contributed by atoms with Crippen molar-refractivity contribution in [1.82, 2.24) is 5.32 Å². The third-order valence-electron chi connectivity index (χ3n) is 2.92. The number of rotatable bonds is 4. The van der Waals surface area contributed by atoms with Crippen LogP contribution in [-0.4, -0.2) is 12.6 Å². The summed E-state index contributed by atoms with van der Waals surface area (Å²) in [7, 11) is 0. The van der Waals surface area contributed by atoms with E-state index in [0.29, 0.717) is 18.7 Å². The Hall–Kier alpha value is -2.36. The molecule has 0 radical (unpaired) electrons. The predicted molar refractivity (Wildman–Crippen MR) is 75.3 cm³/mol. The molecule has 0 aliphatic carbocycles. The summed E-state index contributed by atoms with van der Waals surface area (Å²) >= 11 is 0. The topological polar surface area (TPSA) is 38.3 Å². The monoisotopic (exact) mass is 273 g/mol. The van der Waals surface area contributed by atoms with Crippen molar-refractivity contribution in [2.45, 2.75) is 13.3 Å². The van der Waals surface area contributed by atoms with Gasteiger partial charge in [-0.3, -0.25) is 0 Å². The van der Waals surface area contributed by atoms with Gasteiger partial charge < -0.3 is 10.1 Å². The molecule has 3 nitrogen and oxygen atoms in total. The second kappa shape index (κ2) is 6.70. The van der Waals surface area contributed by atoms with Gasteiger partial charge in [0, 0.05) is 6.54 Å². The van der Waals surface area contributed by atoms with E-state index < -0.39 is 6.09 Å². The van der Waals surface area contributed by atoms with E-state index in [1.807, 2.05) is 13.0 Å². The van der Waals surface area contributed by atoms with E-state index in [9.17, 15) is 9.18 Å². The number of halogens is 1. The molecule has 0 aliphatic heterocycles. The van der Waals surface area contributed by atoms with Crippen molar-refractivity contribution < 1.29 is 13.9 Å². The van der Waals surface area contributed by atoms with Crippen LogP contribution in [0.25, 0.3) is 0 Å². The number of carbonyl (C=O) groups is 1. The first-order valence-electron chi connectivity index (χ1n) is 6.41. The van der Waals surface area contributed by atoms with Gasteiger partial charge in [-0.2, -0.15) is 0 Å². The van der Waals surface area contributed by atoms with E-state index in [1.54, 1.807) is 30.3 Å². The van der Waals surface area contributed by atoms with Crippen molar-refractivity contribution >= 4 is 6.09 Å². The van der Waals surface area contributed by atoms with Crippen molar-refractivity contribution in [3.8, 4) is 5.75 Å². The summed E-state index contributed by atoms with van der Waals surface area (Å²) in [5.74, 6) is 0.255. The first-order chi connectivity index (χ1) is 9.65. The smallest absolute Gasteiger partial charge is 0.410 e. The molecule has 0 fully saturated rings. The Morgan fingerprint density at radius 2 is 1.95 bits per heavy atom.